The highest BCUT2D eigenvalue weighted by Crippen LogP contribution is 2.30. The van der Waals surface area contributed by atoms with E-state index in [1.54, 1.807) is 18.3 Å². The first kappa shape index (κ1) is 29.1. The average Bonchev–Trinajstić information content (AvgIpc) is 3.31. The van der Waals surface area contributed by atoms with Crippen molar-refractivity contribution in [2.75, 3.05) is 34.4 Å². The zero-order valence-electron chi connectivity index (χ0n) is 21.3. The number of carbonyl (C=O) groups excluding carboxylic acids is 1. The van der Waals surface area contributed by atoms with Crippen LogP contribution in [0.5, 0.6) is 0 Å². The lowest BCUT2D eigenvalue weighted by molar-refractivity contribution is -0.139. The van der Waals surface area contributed by atoms with Crippen LogP contribution in [0.25, 0.3) is 11.2 Å². The quantitative estimate of drug-likeness (QED) is 0.120. The molecule has 212 valence electrons. The second-order valence-corrected chi connectivity index (χ2v) is 11.7. The van der Waals surface area contributed by atoms with Gasteiger partial charge in [0.2, 0.25) is 5.95 Å². The predicted molar refractivity (Wildman–Crippen MR) is 154 cm³/mol. The first-order valence-electron chi connectivity index (χ1n) is 12.3. The van der Waals surface area contributed by atoms with Crippen LogP contribution in [0, 0.1) is 0 Å². The Hall–Kier alpha value is -3.89. The van der Waals surface area contributed by atoms with Crippen LogP contribution in [-0.4, -0.2) is 78.1 Å². The van der Waals surface area contributed by atoms with Crippen molar-refractivity contribution in [2.24, 2.45) is 5.73 Å². The van der Waals surface area contributed by atoms with Crippen molar-refractivity contribution in [3.05, 3.63) is 41.2 Å². The molecule has 9 N–H and O–H groups in total. The van der Waals surface area contributed by atoms with Crippen LogP contribution in [0.4, 0.5) is 17.5 Å². The van der Waals surface area contributed by atoms with E-state index in [2.05, 4.69) is 30.2 Å². The number of nitrogens with one attached hydrogen (secondary N) is 1. The number of anilines is 3. The smallest absolute Gasteiger partial charge is 0.326 e. The van der Waals surface area contributed by atoms with Gasteiger partial charge in [0, 0.05) is 29.3 Å². The Kier molecular flexibility index (Phi) is 9.44. The number of hydrogen-bond donors (Lipinski definition) is 6. The molecule has 3 heterocycles. The van der Waals surface area contributed by atoms with E-state index in [0.29, 0.717) is 59.9 Å². The number of carbonyl (C=O) groups is 3. The summed E-state index contributed by atoms with van der Waals surface area (Å²) in [7, 11) is 2.83. The number of hydrogen-bond acceptors (Lipinski definition) is 13. The van der Waals surface area contributed by atoms with Crippen molar-refractivity contribution < 1.29 is 24.6 Å². The lowest BCUT2D eigenvalue weighted by Gasteiger charge is -2.19. The summed E-state index contributed by atoms with van der Waals surface area (Å²) in [5.74, 6) is -1.45. The number of amides is 1. The fourth-order valence-corrected chi connectivity index (χ4v) is 6.31. The molecule has 1 amide bonds. The summed E-state index contributed by atoms with van der Waals surface area (Å²) in [5.41, 5.74) is 20.7. The van der Waals surface area contributed by atoms with E-state index in [0.717, 1.165) is 11.3 Å². The largest absolute Gasteiger partial charge is 0.480 e. The summed E-state index contributed by atoms with van der Waals surface area (Å²) < 4.78 is 0. The van der Waals surface area contributed by atoms with Gasteiger partial charge in [-0.1, -0.05) is 21.6 Å². The van der Waals surface area contributed by atoms with Crippen LogP contribution in [-0.2, 0) is 22.6 Å². The van der Waals surface area contributed by atoms with E-state index in [9.17, 15) is 19.5 Å². The molecule has 1 aliphatic heterocycles. The molecule has 16 heteroatoms. The third-order valence-electron chi connectivity index (χ3n) is 6.19. The number of rotatable bonds is 13. The molecule has 1 aromatic carbocycles. The predicted octanol–water partition coefficient (Wildman–Crippen LogP) is 0.903. The number of fused-ring (bicyclic) bond motifs is 2. The molecule has 4 rings (SSSR count). The lowest BCUT2D eigenvalue weighted by Crippen LogP contribution is -2.41. The Morgan fingerprint density at radius 1 is 1.05 bits per heavy atom. The van der Waals surface area contributed by atoms with Gasteiger partial charge in [-0.3, -0.25) is 9.59 Å². The maximum Gasteiger partial charge on any atom is 0.326 e. The van der Waals surface area contributed by atoms with Crippen molar-refractivity contribution in [1.29, 1.82) is 0 Å². The summed E-state index contributed by atoms with van der Waals surface area (Å²) in [6, 6.07) is 3.32. The molecule has 2 unspecified atom stereocenters. The average molecular weight is 588 g/mol. The van der Waals surface area contributed by atoms with Crippen LogP contribution in [0.3, 0.4) is 0 Å². The van der Waals surface area contributed by atoms with Crippen LogP contribution in [0.15, 0.2) is 24.4 Å². The molecule has 14 nitrogen and oxygen atoms in total. The number of nitrogens with two attached hydrogens (primary N) is 3. The normalized spacial score (nSPS) is 14.1. The van der Waals surface area contributed by atoms with E-state index >= 15 is 0 Å². The van der Waals surface area contributed by atoms with Crippen LogP contribution in [0.1, 0.15) is 34.5 Å². The first-order valence-corrected chi connectivity index (χ1v) is 14.8. The molecule has 0 aliphatic carbocycles. The number of aromatic nitrogens is 4. The number of nitrogen functional groups attached to an aromatic ring is 2. The topological polar surface area (TPSA) is 237 Å². The molecular formula is C24H29N9O5S2. The second kappa shape index (κ2) is 13.0. The Labute approximate surface area is 236 Å². The van der Waals surface area contributed by atoms with E-state index in [-0.39, 0.29) is 18.2 Å². The highest BCUT2D eigenvalue weighted by atomic mass is 33.1. The molecule has 0 saturated carbocycles. The number of nitrogens with zero attached hydrogens (tertiary/aromatic N) is 5. The maximum atomic E-state index is 12.9. The standard InChI is InChI=1S/C24H29N9O5S2/c25-15(22(35)36)4-7-39-40-8-5-16(23(37)38)30-21(34)13-1-2-17-12(9-13)3-6-33(17)11-14-10-28-20-18(29-14)19(26)31-24(27)32-20/h1-2,9-10,15-16H,3-8,11,25H2,(H,30,34)(H,35,36)(H,37,38)(H4,26,27,28,31,32). The Morgan fingerprint density at radius 3 is 2.52 bits per heavy atom. The molecule has 40 heavy (non-hydrogen) atoms. The van der Waals surface area contributed by atoms with E-state index in [1.807, 2.05) is 6.07 Å². The van der Waals surface area contributed by atoms with Gasteiger partial charge >= 0.3 is 11.9 Å². The molecule has 0 spiro atoms. The van der Waals surface area contributed by atoms with Gasteiger partial charge < -0.3 is 37.6 Å². The van der Waals surface area contributed by atoms with Gasteiger partial charge in [0.05, 0.1) is 18.4 Å². The number of benzene rings is 1. The molecule has 0 radical (unpaired) electrons. The van der Waals surface area contributed by atoms with Crippen molar-refractivity contribution in [2.45, 2.75) is 37.9 Å². The van der Waals surface area contributed by atoms with Gasteiger partial charge in [0.1, 0.15) is 12.1 Å². The zero-order chi connectivity index (χ0) is 28.8. The van der Waals surface area contributed by atoms with E-state index in [1.165, 1.54) is 21.6 Å². The van der Waals surface area contributed by atoms with Gasteiger partial charge in [-0.25, -0.2) is 14.8 Å². The highest BCUT2D eigenvalue weighted by molar-refractivity contribution is 8.76. The minimum atomic E-state index is -1.12. The Balaban J connectivity index is 1.32. The summed E-state index contributed by atoms with van der Waals surface area (Å²) in [5, 5.41) is 21.0. The van der Waals surface area contributed by atoms with Crippen molar-refractivity contribution in [3.63, 3.8) is 0 Å². The number of carboxylic acid groups (broad SMARTS) is 2. The van der Waals surface area contributed by atoms with Crippen LogP contribution >= 0.6 is 21.6 Å². The SMILES string of the molecule is Nc1nc(N)c2nc(CN3CCc4cc(C(=O)NC(CCSSCCC(N)C(=O)O)C(=O)O)ccc43)cnc2n1. The number of aliphatic carboxylic acids is 2. The fourth-order valence-electron chi connectivity index (χ4n) is 4.11. The van der Waals surface area contributed by atoms with Gasteiger partial charge in [0.15, 0.2) is 17.0 Å². The van der Waals surface area contributed by atoms with Gasteiger partial charge in [-0.15, -0.1) is 0 Å². The summed E-state index contributed by atoms with van der Waals surface area (Å²) >= 11 is 0. The summed E-state index contributed by atoms with van der Waals surface area (Å²) in [6.07, 6.45) is 2.86. The molecule has 3 aromatic rings. The van der Waals surface area contributed by atoms with Crippen LogP contribution in [0.2, 0.25) is 0 Å². The second-order valence-electron chi connectivity index (χ2n) is 9.05. The zero-order valence-corrected chi connectivity index (χ0v) is 23.0. The molecule has 0 bridgehead atoms. The minimum Gasteiger partial charge on any atom is -0.480 e. The maximum absolute atomic E-state index is 12.9. The fraction of sp³-hybridized carbons (Fsp3) is 0.375. The summed E-state index contributed by atoms with van der Waals surface area (Å²) in [4.78, 5) is 54.3. The Morgan fingerprint density at radius 2 is 1.80 bits per heavy atom. The molecule has 1 aliphatic rings. The molecular weight excluding hydrogens is 558 g/mol. The van der Waals surface area contributed by atoms with Crippen molar-refractivity contribution in [3.8, 4) is 0 Å². The molecule has 0 fully saturated rings. The molecule has 2 aromatic heterocycles. The van der Waals surface area contributed by atoms with Gasteiger partial charge in [-0.05, 0) is 43.0 Å². The third-order valence-corrected chi connectivity index (χ3v) is 8.66. The minimum absolute atomic E-state index is 0.0310. The van der Waals surface area contributed by atoms with Crippen molar-refractivity contribution >= 4 is 68.1 Å². The van der Waals surface area contributed by atoms with Gasteiger partial charge in [0.25, 0.3) is 5.91 Å². The third kappa shape index (κ3) is 7.19. The number of carboxylic acids is 2. The monoisotopic (exact) mass is 587 g/mol. The van der Waals surface area contributed by atoms with E-state index < -0.39 is 29.9 Å². The van der Waals surface area contributed by atoms with E-state index in [4.69, 9.17) is 22.3 Å². The highest BCUT2D eigenvalue weighted by Gasteiger charge is 2.24. The van der Waals surface area contributed by atoms with Crippen LogP contribution < -0.4 is 27.4 Å². The molecule has 2 atom stereocenters. The molecule has 0 saturated heterocycles. The Bertz CT molecular complexity index is 1430. The van der Waals surface area contributed by atoms with Gasteiger partial charge in [-0.2, -0.15) is 9.97 Å². The van der Waals surface area contributed by atoms with Crippen molar-refractivity contribution in [1.82, 2.24) is 25.3 Å². The summed E-state index contributed by atoms with van der Waals surface area (Å²) in [6.45, 7) is 1.17. The first-order chi connectivity index (χ1) is 19.1. The lowest BCUT2D eigenvalue weighted by atomic mass is 10.1.